The lowest BCUT2D eigenvalue weighted by molar-refractivity contribution is 0.0977. The summed E-state index contributed by atoms with van der Waals surface area (Å²) in [5.41, 5.74) is 2.16. The van der Waals surface area contributed by atoms with Crippen LogP contribution in [0.4, 0.5) is 5.69 Å². The zero-order valence-electron chi connectivity index (χ0n) is 17.5. The van der Waals surface area contributed by atoms with Crippen LogP contribution >= 0.6 is 28.1 Å². The molecule has 166 valence electrons. The van der Waals surface area contributed by atoms with Gasteiger partial charge in [-0.05, 0) is 64.0 Å². The van der Waals surface area contributed by atoms with Crippen molar-refractivity contribution in [2.45, 2.75) is 6.61 Å². The van der Waals surface area contributed by atoms with E-state index < -0.39 is 0 Å². The summed E-state index contributed by atoms with van der Waals surface area (Å²) in [6.07, 6.45) is 0. The number of para-hydroxylation sites is 2. The van der Waals surface area contributed by atoms with Crippen LogP contribution < -0.4 is 20.1 Å². The van der Waals surface area contributed by atoms with Crippen LogP contribution in [-0.2, 0) is 11.3 Å². The van der Waals surface area contributed by atoms with Crippen LogP contribution in [-0.4, -0.2) is 31.3 Å². The molecule has 0 radical (unpaired) electrons. The van der Waals surface area contributed by atoms with Crippen LogP contribution in [0, 0.1) is 0 Å². The number of hydrogen-bond donors (Lipinski definition) is 2. The molecule has 32 heavy (non-hydrogen) atoms. The lowest BCUT2D eigenvalue weighted by atomic mass is 10.2. The highest BCUT2D eigenvalue weighted by atomic mass is 79.9. The fourth-order valence-electron chi connectivity index (χ4n) is 2.75. The molecule has 0 unspecified atom stereocenters. The number of thiocarbonyl (C=S) groups is 1. The second-order valence-corrected chi connectivity index (χ2v) is 7.93. The molecule has 6 nitrogen and oxygen atoms in total. The maximum absolute atomic E-state index is 12.6. The molecule has 3 aromatic carbocycles. The van der Waals surface area contributed by atoms with E-state index in [1.54, 1.807) is 25.3 Å². The van der Waals surface area contributed by atoms with Gasteiger partial charge in [0.1, 0.15) is 24.7 Å². The number of anilines is 1. The average molecular weight is 515 g/mol. The van der Waals surface area contributed by atoms with E-state index in [0.717, 1.165) is 5.56 Å². The van der Waals surface area contributed by atoms with Crippen LogP contribution in [0.25, 0.3) is 0 Å². The number of halogens is 1. The second-order valence-electron chi connectivity index (χ2n) is 6.67. The van der Waals surface area contributed by atoms with Crippen molar-refractivity contribution in [3.8, 4) is 11.5 Å². The number of benzene rings is 3. The Kier molecular flexibility index (Phi) is 9.03. The summed E-state index contributed by atoms with van der Waals surface area (Å²) in [5, 5.41) is 5.89. The number of amides is 1. The number of methoxy groups -OCH3 is 1. The van der Waals surface area contributed by atoms with Gasteiger partial charge >= 0.3 is 0 Å². The first kappa shape index (κ1) is 23.7. The van der Waals surface area contributed by atoms with Gasteiger partial charge in [0.15, 0.2) is 5.11 Å². The molecule has 0 atom stereocenters. The smallest absolute Gasteiger partial charge is 0.257 e. The molecule has 0 fully saturated rings. The Labute approximate surface area is 201 Å². The first-order valence-electron chi connectivity index (χ1n) is 9.86. The molecule has 0 spiro atoms. The largest absolute Gasteiger partial charge is 0.490 e. The van der Waals surface area contributed by atoms with Crippen LogP contribution in [0.3, 0.4) is 0 Å². The number of carbonyl (C=O) groups is 1. The van der Waals surface area contributed by atoms with Crippen LogP contribution in [0.5, 0.6) is 11.5 Å². The molecule has 8 heteroatoms. The lowest BCUT2D eigenvalue weighted by Crippen LogP contribution is -2.34. The van der Waals surface area contributed by atoms with Crippen molar-refractivity contribution in [3.63, 3.8) is 0 Å². The van der Waals surface area contributed by atoms with E-state index >= 15 is 0 Å². The van der Waals surface area contributed by atoms with E-state index in [-0.39, 0.29) is 11.0 Å². The summed E-state index contributed by atoms with van der Waals surface area (Å²) in [6.45, 7) is 1.32. The van der Waals surface area contributed by atoms with E-state index in [2.05, 4.69) is 26.6 Å². The zero-order valence-corrected chi connectivity index (χ0v) is 19.9. The van der Waals surface area contributed by atoms with Crippen molar-refractivity contribution in [1.82, 2.24) is 5.32 Å². The molecule has 3 rings (SSSR count). The van der Waals surface area contributed by atoms with E-state index in [9.17, 15) is 4.79 Å². The quantitative estimate of drug-likeness (QED) is 0.303. The summed E-state index contributed by atoms with van der Waals surface area (Å²) in [7, 11) is 1.61. The summed E-state index contributed by atoms with van der Waals surface area (Å²) in [5.74, 6) is 0.923. The van der Waals surface area contributed by atoms with E-state index in [0.29, 0.717) is 47.0 Å². The molecule has 0 saturated carbocycles. The van der Waals surface area contributed by atoms with Gasteiger partial charge < -0.3 is 19.5 Å². The van der Waals surface area contributed by atoms with Crippen molar-refractivity contribution in [1.29, 1.82) is 0 Å². The van der Waals surface area contributed by atoms with Gasteiger partial charge in [0, 0.05) is 12.7 Å². The first-order chi connectivity index (χ1) is 15.6. The van der Waals surface area contributed by atoms with E-state index in [4.69, 9.17) is 26.4 Å². The number of hydrogen-bond acceptors (Lipinski definition) is 5. The molecule has 2 N–H and O–H groups in total. The fourth-order valence-corrected chi connectivity index (χ4v) is 3.45. The number of nitrogens with one attached hydrogen (secondary N) is 2. The van der Waals surface area contributed by atoms with E-state index in [1.165, 1.54) is 0 Å². The first-order valence-corrected chi connectivity index (χ1v) is 11.1. The standard InChI is InChI=1S/C24H23BrN2O4S/c1-29-13-14-30-21-12-11-18(15-19(21)25)23(28)27-24(32)26-20-9-5-6-10-22(20)31-16-17-7-3-2-4-8-17/h2-12,15H,13-14,16H2,1H3,(H2,26,27,28,32). The lowest BCUT2D eigenvalue weighted by Gasteiger charge is -2.15. The normalized spacial score (nSPS) is 10.3. The minimum Gasteiger partial charge on any atom is -0.490 e. The van der Waals surface area contributed by atoms with Gasteiger partial charge in [0.25, 0.3) is 5.91 Å². The molecule has 0 aliphatic rings. The van der Waals surface area contributed by atoms with Gasteiger partial charge in [-0.3, -0.25) is 10.1 Å². The summed E-state index contributed by atoms with van der Waals surface area (Å²) in [6, 6.07) is 22.4. The summed E-state index contributed by atoms with van der Waals surface area (Å²) >= 11 is 8.75. The predicted octanol–water partition coefficient (Wildman–Crippen LogP) is 5.18. The minimum absolute atomic E-state index is 0.169. The molecule has 0 aliphatic heterocycles. The van der Waals surface area contributed by atoms with Gasteiger partial charge in [0.05, 0.1) is 16.8 Å². The molecule has 0 saturated heterocycles. The van der Waals surface area contributed by atoms with Crippen molar-refractivity contribution >= 4 is 44.9 Å². The summed E-state index contributed by atoms with van der Waals surface area (Å²) < 4.78 is 17.1. The molecule has 0 bridgehead atoms. The maximum Gasteiger partial charge on any atom is 0.257 e. The molecule has 1 amide bonds. The topological polar surface area (TPSA) is 68.8 Å². The van der Waals surface area contributed by atoms with Crippen molar-refractivity contribution in [3.05, 3.63) is 88.4 Å². The van der Waals surface area contributed by atoms with Gasteiger partial charge in [-0.15, -0.1) is 0 Å². The Bertz CT molecular complexity index is 1060. The highest BCUT2D eigenvalue weighted by molar-refractivity contribution is 9.10. The second kappa shape index (κ2) is 12.2. The van der Waals surface area contributed by atoms with Gasteiger partial charge in [0.2, 0.25) is 0 Å². The van der Waals surface area contributed by atoms with Gasteiger partial charge in [-0.2, -0.15) is 0 Å². The number of rotatable bonds is 9. The minimum atomic E-state index is -0.339. The zero-order chi connectivity index (χ0) is 22.8. The molecule has 0 aromatic heterocycles. The maximum atomic E-state index is 12.6. The molecule has 0 heterocycles. The van der Waals surface area contributed by atoms with Crippen molar-refractivity contribution in [2.24, 2.45) is 0 Å². The third-order valence-electron chi connectivity index (χ3n) is 4.34. The van der Waals surface area contributed by atoms with Crippen molar-refractivity contribution in [2.75, 3.05) is 25.6 Å². The predicted molar refractivity (Wildman–Crippen MR) is 132 cm³/mol. The van der Waals surface area contributed by atoms with Crippen LogP contribution in [0.15, 0.2) is 77.3 Å². The van der Waals surface area contributed by atoms with Gasteiger partial charge in [-0.1, -0.05) is 42.5 Å². The molecule has 3 aromatic rings. The van der Waals surface area contributed by atoms with Crippen molar-refractivity contribution < 1.29 is 19.0 Å². The SMILES string of the molecule is COCCOc1ccc(C(=O)NC(=S)Nc2ccccc2OCc2ccccc2)cc1Br. The number of carbonyl (C=O) groups excluding carboxylic acids is 1. The fraction of sp³-hybridized carbons (Fsp3) is 0.167. The Morgan fingerprint density at radius 3 is 2.44 bits per heavy atom. The Morgan fingerprint density at radius 1 is 0.938 bits per heavy atom. The Morgan fingerprint density at radius 2 is 1.69 bits per heavy atom. The highest BCUT2D eigenvalue weighted by Crippen LogP contribution is 2.27. The Hall–Kier alpha value is -2.94. The third-order valence-corrected chi connectivity index (χ3v) is 5.16. The van der Waals surface area contributed by atoms with Crippen LogP contribution in [0.1, 0.15) is 15.9 Å². The van der Waals surface area contributed by atoms with Crippen LogP contribution in [0.2, 0.25) is 0 Å². The van der Waals surface area contributed by atoms with E-state index in [1.807, 2.05) is 54.6 Å². The molecular weight excluding hydrogens is 492 g/mol. The molecular formula is C24H23BrN2O4S. The monoisotopic (exact) mass is 514 g/mol. The number of ether oxygens (including phenoxy) is 3. The average Bonchev–Trinajstić information content (AvgIpc) is 2.80. The third kappa shape index (κ3) is 7.05. The Balaban J connectivity index is 1.58. The summed E-state index contributed by atoms with van der Waals surface area (Å²) in [4.78, 5) is 12.6. The molecule has 0 aliphatic carbocycles. The van der Waals surface area contributed by atoms with Gasteiger partial charge in [-0.25, -0.2) is 0 Å². The highest BCUT2D eigenvalue weighted by Gasteiger charge is 2.12.